The second-order valence-electron chi connectivity index (χ2n) is 6.75. The number of benzene rings is 2. The van der Waals surface area contributed by atoms with Crippen molar-refractivity contribution in [2.75, 3.05) is 5.32 Å². The van der Waals surface area contributed by atoms with E-state index in [4.69, 9.17) is 5.73 Å². The Morgan fingerprint density at radius 2 is 1.79 bits per heavy atom. The predicted molar refractivity (Wildman–Crippen MR) is 111 cm³/mol. The number of primary amides is 1. The van der Waals surface area contributed by atoms with Crippen LogP contribution in [0.5, 0.6) is 0 Å². The van der Waals surface area contributed by atoms with E-state index in [2.05, 4.69) is 15.3 Å². The van der Waals surface area contributed by atoms with E-state index >= 15 is 0 Å². The number of amides is 2. The van der Waals surface area contributed by atoms with Gasteiger partial charge >= 0.3 is 0 Å². The van der Waals surface area contributed by atoms with Crippen LogP contribution in [0.25, 0.3) is 16.9 Å². The van der Waals surface area contributed by atoms with Crippen LogP contribution in [0, 0.1) is 13.8 Å². The van der Waals surface area contributed by atoms with Gasteiger partial charge in [0.2, 0.25) is 0 Å². The average molecular weight is 385 g/mol. The Balaban J connectivity index is 1.87. The third-order valence-electron chi connectivity index (χ3n) is 4.89. The van der Waals surface area contributed by atoms with Crippen LogP contribution in [-0.4, -0.2) is 26.2 Å². The number of nitrogens with one attached hydrogen (secondary N) is 1. The smallest absolute Gasteiger partial charge is 0.272 e. The lowest BCUT2D eigenvalue weighted by atomic mass is 10.1. The number of rotatable bonds is 4. The molecule has 7 heteroatoms. The standard InChI is InChI=1S/C22H19N5O2/c1-13-7-6-10-16(14(13)2)26-22(29)18-11-17(15-8-4-3-5-9-15)25-21-19(20(23)28)24-12-27(18)21/h3-12H,1-2H3,(H2,23,28)(H,26,29). The molecule has 0 saturated heterocycles. The Morgan fingerprint density at radius 3 is 2.52 bits per heavy atom. The number of aromatic nitrogens is 3. The molecule has 2 aromatic carbocycles. The Kier molecular flexibility index (Phi) is 4.56. The molecule has 4 rings (SSSR count). The molecule has 0 aliphatic heterocycles. The summed E-state index contributed by atoms with van der Waals surface area (Å²) < 4.78 is 1.48. The molecule has 3 N–H and O–H groups in total. The molecule has 29 heavy (non-hydrogen) atoms. The maximum absolute atomic E-state index is 13.2. The molecule has 0 unspecified atom stereocenters. The molecule has 0 fully saturated rings. The van der Waals surface area contributed by atoms with Gasteiger partial charge in [-0.3, -0.25) is 14.0 Å². The molecule has 0 bridgehead atoms. The van der Waals surface area contributed by atoms with Crippen LogP contribution in [0.1, 0.15) is 32.1 Å². The van der Waals surface area contributed by atoms with Gasteiger partial charge in [-0.1, -0.05) is 42.5 Å². The van der Waals surface area contributed by atoms with Crippen molar-refractivity contribution < 1.29 is 9.59 Å². The van der Waals surface area contributed by atoms with Crippen molar-refractivity contribution in [2.45, 2.75) is 13.8 Å². The fourth-order valence-electron chi connectivity index (χ4n) is 3.15. The third kappa shape index (κ3) is 3.34. The summed E-state index contributed by atoms with van der Waals surface area (Å²) in [5, 5.41) is 2.95. The molecule has 7 nitrogen and oxygen atoms in total. The third-order valence-corrected chi connectivity index (χ3v) is 4.89. The Labute approximate surface area is 167 Å². The normalized spacial score (nSPS) is 10.8. The van der Waals surface area contributed by atoms with Gasteiger partial charge in [0.1, 0.15) is 12.0 Å². The fraction of sp³-hybridized carbons (Fsp3) is 0.0909. The number of anilines is 1. The molecule has 2 amide bonds. The van der Waals surface area contributed by atoms with Crippen LogP contribution in [-0.2, 0) is 0 Å². The number of nitrogens with zero attached hydrogens (tertiary/aromatic N) is 3. The lowest BCUT2D eigenvalue weighted by Crippen LogP contribution is -2.18. The number of nitrogens with two attached hydrogens (primary N) is 1. The Hall–Kier alpha value is -4.00. The van der Waals surface area contributed by atoms with Crippen LogP contribution in [0.2, 0.25) is 0 Å². The molecule has 0 saturated carbocycles. The van der Waals surface area contributed by atoms with Gasteiger partial charge in [0.05, 0.1) is 5.69 Å². The summed E-state index contributed by atoms with van der Waals surface area (Å²) in [4.78, 5) is 33.5. The highest BCUT2D eigenvalue weighted by Crippen LogP contribution is 2.23. The van der Waals surface area contributed by atoms with Crippen molar-refractivity contribution in [3.05, 3.63) is 83.4 Å². The molecule has 144 valence electrons. The zero-order chi connectivity index (χ0) is 20.5. The summed E-state index contributed by atoms with van der Waals surface area (Å²) in [6.45, 7) is 3.93. The van der Waals surface area contributed by atoms with Crippen molar-refractivity contribution in [1.29, 1.82) is 0 Å². The van der Waals surface area contributed by atoms with Crippen molar-refractivity contribution in [3.8, 4) is 11.3 Å². The zero-order valence-corrected chi connectivity index (χ0v) is 16.0. The van der Waals surface area contributed by atoms with Crippen LogP contribution >= 0.6 is 0 Å². The first-order valence-corrected chi connectivity index (χ1v) is 9.06. The van der Waals surface area contributed by atoms with E-state index in [9.17, 15) is 9.59 Å². The molecule has 0 aliphatic carbocycles. The van der Waals surface area contributed by atoms with Gasteiger partial charge in [-0.05, 0) is 37.1 Å². The van der Waals surface area contributed by atoms with Crippen molar-refractivity contribution in [3.63, 3.8) is 0 Å². The van der Waals surface area contributed by atoms with Crippen LogP contribution in [0.15, 0.2) is 60.9 Å². The summed E-state index contributed by atoms with van der Waals surface area (Å²) in [6.07, 6.45) is 1.38. The minimum Gasteiger partial charge on any atom is -0.364 e. The lowest BCUT2D eigenvalue weighted by Gasteiger charge is -2.12. The first-order valence-electron chi connectivity index (χ1n) is 9.06. The summed E-state index contributed by atoms with van der Waals surface area (Å²) in [5.74, 6) is -1.04. The maximum atomic E-state index is 13.2. The quantitative estimate of drug-likeness (QED) is 0.562. The second-order valence-corrected chi connectivity index (χ2v) is 6.75. The highest BCUT2D eigenvalue weighted by atomic mass is 16.2. The summed E-state index contributed by atoms with van der Waals surface area (Å²) in [6, 6.07) is 16.8. The summed E-state index contributed by atoms with van der Waals surface area (Å²) in [5.41, 5.74) is 10.1. The Morgan fingerprint density at radius 1 is 1.03 bits per heavy atom. The molecular formula is C22H19N5O2. The van der Waals surface area contributed by atoms with E-state index in [1.807, 2.05) is 62.4 Å². The largest absolute Gasteiger partial charge is 0.364 e. The van der Waals surface area contributed by atoms with Crippen LogP contribution in [0.3, 0.4) is 0 Å². The van der Waals surface area contributed by atoms with Crippen molar-refractivity contribution in [2.24, 2.45) is 5.73 Å². The molecule has 2 heterocycles. The van der Waals surface area contributed by atoms with Gasteiger partial charge in [-0.2, -0.15) is 0 Å². The van der Waals surface area contributed by atoms with Gasteiger partial charge in [-0.25, -0.2) is 9.97 Å². The Bertz CT molecular complexity index is 1250. The molecule has 0 atom stereocenters. The van der Waals surface area contributed by atoms with Gasteiger partial charge in [0.25, 0.3) is 11.8 Å². The number of imidazole rings is 1. The van der Waals surface area contributed by atoms with Gasteiger partial charge in [0.15, 0.2) is 11.3 Å². The molecule has 0 spiro atoms. The van der Waals surface area contributed by atoms with Crippen LogP contribution in [0.4, 0.5) is 5.69 Å². The van der Waals surface area contributed by atoms with Gasteiger partial charge in [0, 0.05) is 11.3 Å². The minimum absolute atomic E-state index is 0.0172. The number of carbonyl (C=O) groups is 2. The van der Waals surface area contributed by atoms with E-state index in [1.54, 1.807) is 6.07 Å². The molecule has 2 aromatic heterocycles. The van der Waals surface area contributed by atoms with Gasteiger partial charge in [-0.15, -0.1) is 0 Å². The first kappa shape index (κ1) is 18.4. The fourth-order valence-corrected chi connectivity index (χ4v) is 3.15. The maximum Gasteiger partial charge on any atom is 0.272 e. The van der Waals surface area contributed by atoms with E-state index in [1.165, 1.54) is 10.7 Å². The monoisotopic (exact) mass is 385 g/mol. The first-order chi connectivity index (χ1) is 14.0. The van der Waals surface area contributed by atoms with E-state index < -0.39 is 5.91 Å². The zero-order valence-electron chi connectivity index (χ0n) is 16.0. The average Bonchev–Trinajstić information content (AvgIpc) is 3.15. The summed E-state index contributed by atoms with van der Waals surface area (Å²) >= 11 is 0. The number of hydrogen-bond donors (Lipinski definition) is 2. The van der Waals surface area contributed by atoms with E-state index in [0.717, 1.165) is 22.4 Å². The van der Waals surface area contributed by atoms with Gasteiger partial charge < -0.3 is 11.1 Å². The minimum atomic E-state index is -0.703. The summed E-state index contributed by atoms with van der Waals surface area (Å²) in [7, 11) is 0. The van der Waals surface area contributed by atoms with Crippen LogP contribution < -0.4 is 11.1 Å². The molecular weight excluding hydrogens is 366 g/mol. The van der Waals surface area contributed by atoms with E-state index in [0.29, 0.717) is 11.4 Å². The van der Waals surface area contributed by atoms with Crippen molar-refractivity contribution >= 4 is 23.1 Å². The SMILES string of the molecule is Cc1cccc(NC(=O)c2cc(-c3ccccc3)nc3c(C(N)=O)ncn23)c1C. The second kappa shape index (κ2) is 7.20. The number of fused-ring (bicyclic) bond motifs is 1. The topological polar surface area (TPSA) is 102 Å². The van der Waals surface area contributed by atoms with E-state index in [-0.39, 0.29) is 17.2 Å². The van der Waals surface area contributed by atoms with Crippen molar-refractivity contribution in [1.82, 2.24) is 14.4 Å². The molecule has 0 aliphatic rings. The number of hydrogen-bond acceptors (Lipinski definition) is 4. The lowest BCUT2D eigenvalue weighted by molar-refractivity contribution is 0.0993. The molecule has 4 aromatic rings. The highest BCUT2D eigenvalue weighted by Gasteiger charge is 2.20. The number of aryl methyl sites for hydroxylation is 1. The molecule has 0 radical (unpaired) electrons. The number of carbonyl (C=O) groups excluding carboxylic acids is 2. The predicted octanol–water partition coefficient (Wildman–Crippen LogP) is 3.36. The highest BCUT2D eigenvalue weighted by molar-refractivity contribution is 6.05.